The summed E-state index contributed by atoms with van der Waals surface area (Å²) < 4.78 is 5.38. The van der Waals surface area contributed by atoms with Crippen LogP contribution in [-0.2, 0) is 11.2 Å². The summed E-state index contributed by atoms with van der Waals surface area (Å²) in [6.07, 6.45) is 0.180. The number of carbonyl (C=O) groups excluding carboxylic acids is 2. The van der Waals surface area contributed by atoms with Crippen LogP contribution in [0.1, 0.15) is 22.8 Å². The monoisotopic (exact) mass is 408 g/mol. The highest BCUT2D eigenvalue weighted by molar-refractivity contribution is 6.31. The van der Waals surface area contributed by atoms with E-state index in [0.717, 1.165) is 11.3 Å². The van der Waals surface area contributed by atoms with E-state index in [1.165, 1.54) is 0 Å². The molecule has 3 aromatic rings. The summed E-state index contributed by atoms with van der Waals surface area (Å²) in [6.45, 7) is 2.51. The van der Waals surface area contributed by atoms with Crippen LogP contribution >= 0.6 is 11.6 Å². The third kappa shape index (κ3) is 5.83. The molecule has 0 radical (unpaired) electrons. The van der Waals surface area contributed by atoms with Gasteiger partial charge in [-0.05, 0) is 67.1 Å². The molecule has 0 saturated heterocycles. The number of anilines is 2. The van der Waals surface area contributed by atoms with Crippen LogP contribution in [0.15, 0.2) is 72.8 Å². The van der Waals surface area contributed by atoms with E-state index in [0.29, 0.717) is 28.6 Å². The van der Waals surface area contributed by atoms with Crippen molar-refractivity contribution in [2.75, 3.05) is 17.2 Å². The molecule has 0 spiro atoms. The summed E-state index contributed by atoms with van der Waals surface area (Å²) in [5.41, 5.74) is 2.54. The summed E-state index contributed by atoms with van der Waals surface area (Å²) in [4.78, 5) is 24.6. The lowest BCUT2D eigenvalue weighted by Gasteiger charge is -2.09. The zero-order valence-corrected chi connectivity index (χ0v) is 16.7. The zero-order valence-electron chi connectivity index (χ0n) is 15.9. The number of ether oxygens (including phenoxy) is 1. The molecule has 2 amide bonds. The molecule has 0 atom stereocenters. The van der Waals surface area contributed by atoms with Gasteiger partial charge in [-0.3, -0.25) is 9.59 Å². The third-order valence-electron chi connectivity index (χ3n) is 4.16. The molecule has 0 saturated carbocycles. The van der Waals surface area contributed by atoms with E-state index in [1.54, 1.807) is 54.6 Å². The van der Waals surface area contributed by atoms with Crippen LogP contribution in [0.3, 0.4) is 0 Å². The van der Waals surface area contributed by atoms with Gasteiger partial charge in [0.05, 0.1) is 13.0 Å². The van der Waals surface area contributed by atoms with Crippen molar-refractivity contribution in [1.29, 1.82) is 0 Å². The van der Waals surface area contributed by atoms with Gasteiger partial charge < -0.3 is 15.4 Å². The molecule has 29 heavy (non-hydrogen) atoms. The smallest absolute Gasteiger partial charge is 0.255 e. The van der Waals surface area contributed by atoms with Gasteiger partial charge in [-0.15, -0.1) is 0 Å². The van der Waals surface area contributed by atoms with E-state index in [-0.39, 0.29) is 18.2 Å². The van der Waals surface area contributed by atoms with Crippen LogP contribution in [0.5, 0.6) is 5.75 Å². The quantitative estimate of drug-likeness (QED) is 0.566. The minimum absolute atomic E-state index is 0.176. The first-order valence-electron chi connectivity index (χ1n) is 9.22. The number of halogens is 1. The Hall–Kier alpha value is -3.31. The molecule has 0 aromatic heterocycles. The van der Waals surface area contributed by atoms with E-state index < -0.39 is 0 Å². The molecule has 0 aliphatic heterocycles. The number of benzene rings is 3. The Kier molecular flexibility index (Phi) is 6.87. The van der Waals surface area contributed by atoms with Gasteiger partial charge in [0.15, 0.2) is 0 Å². The molecule has 3 aromatic carbocycles. The second kappa shape index (κ2) is 9.75. The van der Waals surface area contributed by atoms with Gasteiger partial charge in [0, 0.05) is 22.0 Å². The fraction of sp³-hybridized carbons (Fsp3) is 0.130. The Morgan fingerprint density at radius 3 is 2.14 bits per heavy atom. The summed E-state index contributed by atoms with van der Waals surface area (Å²) in [7, 11) is 0. The summed E-state index contributed by atoms with van der Waals surface area (Å²) in [5, 5.41) is 6.20. The molecule has 2 N–H and O–H groups in total. The SMILES string of the molecule is CCOc1ccc(NC(=O)c2ccc(NC(=O)Cc3ccccc3Cl)cc2)cc1. The molecule has 3 rings (SSSR count). The number of rotatable bonds is 7. The zero-order chi connectivity index (χ0) is 20.6. The van der Waals surface area contributed by atoms with Crippen molar-refractivity contribution in [3.05, 3.63) is 88.9 Å². The molecule has 0 aliphatic rings. The maximum absolute atomic E-state index is 12.4. The van der Waals surface area contributed by atoms with Gasteiger partial charge in [-0.1, -0.05) is 29.8 Å². The average molecular weight is 409 g/mol. The highest BCUT2D eigenvalue weighted by Crippen LogP contribution is 2.18. The molecule has 148 valence electrons. The standard InChI is InChI=1S/C23H21ClN2O3/c1-2-29-20-13-11-19(12-14-20)26-23(28)16-7-9-18(10-8-16)25-22(27)15-17-5-3-4-6-21(17)24/h3-14H,2,15H2,1H3,(H,25,27)(H,26,28). The molecule has 0 aliphatic carbocycles. The summed E-state index contributed by atoms with van der Waals surface area (Å²) in [6, 6.07) is 21.1. The van der Waals surface area contributed by atoms with Crippen LogP contribution in [0.25, 0.3) is 0 Å². The van der Waals surface area contributed by atoms with Crippen molar-refractivity contribution in [2.45, 2.75) is 13.3 Å². The third-order valence-corrected chi connectivity index (χ3v) is 4.53. The molecule has 0 unspecified atom stereocenters. The molecule has 0 fully saturated rings. The molecule has 5 nitrogen and oxygen atoms in total. The average Bonchev–Trinajstić information content (AvgIpc) is 2.72. The van der Waals surface area contributed by atoms with Crippen LogP contribution in [0.4, 0.5) is 11.4 Å². The number of amides is 2. The van der Waals surface area contributed by atoms with Crippen molar-refractivity contribution < 1.29 is 14.3 Å². The molecule has 0 bridgehead atoms. The second-order valence-electron chi connectivity index (χ2n) is 6.31. The van der Waals surface area contributed by atoms with E-state index >= 15 is 0 Å². The van der Waals surface area contributed by atoms with Crippen molar-refractivity contribution >= 4 is 34.8 Å². The Balaban J connectivity index is 1.57. The topological polar surface area (TPSA) is 67.4 Å². The lowest BCUT2D eigenvalue weighted by molar-refractivity contribution is -0.115. The van der Waals surface area contributed by atoms with E-state index in [2.05, 4.69) is 10.6 Å². The highest BCUT2D eigenvalue weighted by Gasteiger charge is 2.09. The van der Waals surface area contributed by atoms with Crippen LogP contribution in [-0.4, -0.2) is 18.4 Å². The second-order valence-corrected chi connectivity index (χ2v) is 6.71. The van der Waals surface area contributed by atoms with E-state index in [1.807, 2.05) is 25.1 Å². The Labute approximate surface area is 174 Å². The Bertz CT molecular complexity index is 986. The van der Waals surface area contributed by atoms with Gasteiger partial charge in [0.25, 0.3) is 5.91 Å². The van der Waals surface area contributed by atoms with Crippen LogP contribution < -0.4 is 15.4 Å². The fourth-order valence-electron chi connectivity index (χ4n) is 2.73. The molecular formula is C23H21ClN2O3. The van der Waals surface area contributed by atoms with Crippen molar-refractivity contribution in [3.63, 3.8) is 0 Å². The van der Waals surface area contributed by atoms with Crippen LogP contribution in [0, 0.1) is 0 Å². The number of hydrogen-bond acceptors (Lipinski definition) is 3. The van der Waals surface area contributed by atoms with Gasteiger partial charge in [-0.25, -0.2) is 0 Å². The van der Waals surface area contributed by atoms with Crippen molar-refractivity contribution in [2.24, 2.45) is 0 Å². The first-order valence-corrected chi connectivity index (χ1v) is 9.60. The molecule has 6 heteroatoms. The van der Waals surface area contributed by atoms with Gasteiger partial charge in [-0.2, -0.15) is 0 Å². The van der Waals surface area contributed by atoms with E-state index in [4.69, 9.17) is 16.3 Å². The highest BCUT2D eigenvalue weighted by atomic mass is 35.5. The molecule has 0 heterocycles. The van der Waals surface area contributed by atoms with Gasteiger partial charge in [0.2, 0.25) is 5.91 Å². The lowest BCUT2D eigenvalue weighted by atomic mass is 10.1. The predicted molar refractivity (Wildman–Crippen MR) is 116 cm³/mol. The normalized spacial score (nSPS) is 10.3. The number of carbonyl (C=O) groups is 2. The predicted octanol–water partition coefficient (Wildman–Crippen LogP) is 5.17. The Morgan fingerprint density at radius 1 is 0.862 bits per heavy atom. The minimum atomic E-state index is -0.233. The van der Waals surface area contributed by atoms with E-state index in [9.17, 15) is 9.59 Å². The lowest BCUT2D eigenvalue weighted by Crippen LogP contribution is -2.15. The first-order chi connectivity index (χ1) is 14.0. The van der Waals surface area contributed by atoms with Gasteiger partial charge in [0.1, 0.15) is 5.75 Å². The summed E-state index contributed by atoms with van der Waals surface area (Å²) in [5.74, 6) is 0.343. The van der Waals surface area contributed by atoms with Crippen molar-refractivity contribution in [1.82, 2.24) is 0 Å². The van der Waals surface area contributed by atoms with Crippen LogP contribution in [0.2, 0.25) is 5.02 Å². The minimum Gasteiger partial charge on any atom is -0.494 e. The largest absolute Gasteiger partial charge is 0.494 e. The Morgan fingerprint density at radius 2 is 1.48 bits per heavy atom. The summed E-state index contributed by atoms with van der Waals surface area (Å²) >= 11 is 6.09. The number of hydrogen-bond donors (Lipinski definition) is 2. The number of nitrogens with one attached hydrogen (secondary N) is 2. The molecular weight excluding hydrogens is 388 g/mol. The first kappa shape index (κ1) is 20.4. The maximum Gasteiger partial charge on any atom is 0.255 e. The van der Waals surface area contributed by atoms with Gasteiger partial charge >= 0.3 is 0 Å². The van der Waals surface area contributed by atoms with Crippen molar-refractivity contribution in [3.8, 4) is 5.75 Å². The fourth-order valence-corrected chi connectivity index (χ4v) is 2.93. The maximum atomic E-state index is 12.4.